The zero-order valence-corrected chi connectivity index (χ0v) is 10.9. The van der Waals surface area contributed by atoms with Gasteiger partial charge in [0.05, 0.1) is 22.5 Å². The van der Waals surface area contributed by atoms with Crippen LogP contribution < -0.4 is 10.5 Å². The maximum atomic E-state index is 12.2. The maximum absolute atomic E-state index is 12.2. The van der Waals surface area contributed by atoms with Crippen molar-refractivity contribution in [2.24, 2.45) is 0 Å². The Balaban J connectivity index is 2.44. The fourth-order valence-corrected chi connectivity index (χ4v) is 2.70. The highest BCUT2D eigenvalue weighted by Crippen LogP contribution is 2.25. The molecule has 1 heterocycles. The number of aromatic nitrogens is 1. The van der Waals surface area contributed by atoms with E-state index in [0.29, 0.717) is 0 Å². The number of sulfonamides is 1. The molecule has 0 spiro atoms. The van der Waals surface area contributed by atoms with Gasteiger partial charge in [0.1, 0.15) is 4.90 Å². The van der Waals surface area contributed by atoms with Crippen molar-refractivity contribution in [1.29, 1.82) is 0 Å². The van der Waals surface area contributed by atoms with Crippen LogP contribution in [0.5, 0.6) is 0 Å². The summed E-state index contributed by atoms with van der Waals surface area (Å²) in [5.74, 6) is 0. The van der Waals surface area contributed by atoms with E-state index >= 15 is 0 Å². The molecule has 0 aliphatic carbocycles. The van der Waals surface area contributed by atoms with Crippen molar-refractivity contribution in [2.75, 3.05) is 10.5 Å². The molecule has 104 valence electrons. The number of nitro benzene ring substituents is 1. The summed E-state index contributed by atoms with van der Waals surface area (Å²) >= 11 is 0. The molecule has 20 heavy (non-hydrogen) atoms. The van der Waals surface area contributed by atoms with Crippen molar-refractivity contribution in [3.05, 3.63) is 52.8 Å². The van der Waals surface area contributed by atoms with Gasteiger partial charge in [-0.15, -0.1) is 0 Å². The second-order valence-corrected chi connectivity index (χ2v) is 5.48. The van der Waals surface area contributed by atoms with E-state index in [0.717, 1.165) is 12.1 Å². The molecule has 0 fully saturated rings. The molecule has 8 nitrogen and oxygen atoms in total. The number of nitrogens with one attached hydrogen (secondary N) is 1. The van der Waals surface area contributed by atoms with Crippen LogP contribution in [0.4, 0.5) is 17.1 Å². The normalized spacial score (nSPS) is 11.0. The number of nitro groups is 1. The van der Waals surface area contributed by atoms with Gasteiger partial charge in [-0.25, -0.2) is 8.42 Å². The van der Waals surface area contributed by atoms with Crippen LogP contribution in [0.25, 0.3) is 0 Å². The Labute approximate surface area is 114 Å². The number of benzene rings is 1. The Kier molecular flexibility index (Phi) is 3.53. The third-order valence-corrected chi connectivity index (χ3v) is 3.85. The molecular weight excluding hydrogens is 284 g/mol. The lowest BCUT2D eigenvalue weighted by atomic mass is 10.3. The summed E-state index contributed by atoms with van der Waals surface area (Å²) in [5, 5.41) is 10.7. The molecule has 0 saturated heterocycles. The lowest BCUT2D eigenvalue weighted by Crippen LogP contribution is -2.15. The molecule has 0 aliphatic rings. The van der Waals surface area contributed by atoms with E-state index in [1.807, 2.05) is 0 Å². The van der Waals surface area contributed by atoms with Crippen molar-refractivity contribution in [2.45, 2.75) is 4.90 Å². The molecule has 0 unspecified atom stereocenters. The van der Waals surface area contributed by atoms with Crippen molar-refractivity contribution in [3.8, 4) is 0 Å². The van der Waals surface area contributed by atoms with Crippen LogP contribution >= 0.6 is 0 Å². The molecule has 0 saturated carbocycles. The minimum atomic E-state index is -4.02. The molecular formula is C11H10N4O4S. The van der Waals surface area contributed by atoms with E-state index in [2.05, 4.69) is 9.71 Å². The average Bonchev–Trinajstić information content (AvgIpc) is 2.39. The number of nitrogen functional groups attached to an aromatic ring is 1. The zero-order chi connectivity index (χ0) is 14.8. The Morgan fingerprint density at radius 1 is 1.30 bits per heavy atom. The molecule has 1 aromatic carbocycles. The van der Waals surface area contributed by atoms with Crippen molar-refractivity contribution >= 4 is 27.1 Å². The molecule has 2 rings (SSSR count). The van der Waals surface area contributed by atoms with Crippen LogP contribution in [0.15, 0.2) is 47.6 Å². The number of hydrogen-bond acceptors (Lipinski definition) is 6. The molecule has 2 aromatic rings. The number of nitrogens with two attached hydrogens (primary N) is 1. The predicted molar refractivity (Wildman–Crippen MR) is 72.6 cm³/mol. The topological polar surface area (TPSA) is 128 Å². The largest absolute Gasteiger partial charge is 0.398 e. The Morgan fingerprint density at radius 3 is 2.65 bits per heavy atom. The molecule has 1 aromatic heterocycles. The third-order valence-electron chi connectivity index (χ3n) is 2.41. The summed E-state index contributed by atoms with van der Waals surface area (Å²) in [4.78, 5) is 13.4. The van der Waals surface area contributed by atoms with Gasteiger partial charge in [-0.1, -0.05) is 0 Å². The Morgan fingerprint density at radius 2 is 2.05 bits per heavy atom. The number of non-ortho nitro benzene ring substituents is 1. The highest BCUT2D eigenvalue weighted by Gasteiger charge is 2.21. The molecule has 0 bridgehead atoms. The SMILES string of the molecule is Nc1ccc([N+](=O)[O-])cc1S(=O)(=O)Nc1cccnc1. The van der Waals surface area contributed by atoms with Gasteiger partial charge in [-0.3, -0.25) is 19.8 Å². The first-order valence-corrected chi connectivity index (χ1v) is 6.85. The summed E-state index contributed by atoms with van der Waals surface area (Å²) in [6.45, 7) is 0. The molecule has 0 amide bonds. The van der Waals surface area contributed by atoms with Crippen LogP contribution in [0.1, 0.15) is 0 Å². The molecule has 0 aliphatic heterocycles. The van der Waals surface area contributed by atoms with Crippen LogP contribution in [0, 0.1) is 10.1 Å². The van der Waals surface area contributed by atoms with E-state index in [1.165, 1.54) is 24.5 Å². The summed E-state index contributed by atoms with van der Waals surface area (Å²) in [6.07, 6.45) is 2.80. The van der Waals surface area contributed by atoms with Crippen LogP contribution in [0.2, 0.25) is 0 Å². The number of nitrogens with zero attached hydrogens (tertiary/aromatic N) is 2. The van der Waals surface area contributed by atoms with Crippen LogP contribution in [-0.4, -0.2) is 18.3 Å². The summed E-state index contributed by atoms with van der Waals surface area (Å²) in [7, 11) is -4.02. The van der Waals surface area contributed by atoms with E-state index < -0.39 is 14.9 Å². The van der Waals surface area contributed by atoms with E-state index in [1.54, 1.807) is 6.07 Å². The smallest absolute Gasteiger partial charge is 0.270 e. The highest BCUT2D eigenvalue weighted by molar-refractivity contribution is 7.92. The standard InChI is InChI=1S/C11H10N4O4S/c12-10-4-3-9(15(16)17)6-11(10)20(18,19)14-8-2-1-5-13-7-8/h1-7,14H,12H2. The van der Waals surface area contributed by atoms with Gasteiger partial charge in [0, 0.05) is 18.3 Å². The van der Waals surface area contributed by atoms with Crippen molar-refractivity contribution in [3.63, 3.8) is 0 Å². The zero-order valence-electron chi connectivity index (χ0n) is 10.1. The average molecular weight is 294 g/mol. The first-order chi connectivity index (χ1) is 9.40. The monoisotopic (exact) mass is 294 g/mol. The fourth-order valence-electron chi connectivity index (χ4n) is 1.50. The molecule has 3 N–H and O–H groups in total. The summed E-state index contributed by atoms with van der Waals surface area (Å²) in [5.41, 5.74) is 5.37. The number of hydrogen-bond donors (Lipinski definition) is 2. The van der Waals surface area contributed by atoms with Gasteiger partial charge < -0.3 is 5.73 Å². The van der Waals surface area contributed by atoms with Gasteiger partial charge in [0.2, 0.25) is 0 Å². The quantitative estimate of drug-likeness (QED) is 0.498. The predicted octanol–water partition coefficient (Wildman–Crippen LogP) is 1.37. The summed E-state index contributed by atoms with van der Waals surface area (Å²) in [6, 6.07) is 6.27. The Hall–Kier alpha value is -2.68. The van der Waals surface area contributed by atoms with Crippen molar-refractivity contribution < 1.29 is 13.3 Å². The lowest BCUT2D eigenvalue weighted by molar-refractivity contribution is -0.385. The van der Waals surface area contributed by atoms with Crippen molar-refractivity contribution in [1.82, 2.24) is 4.98 Å². The van der Waals surface area contributed by atoms with Crippen LogP contribution in [-0.2, 0) is 10.0 Å². The van der Waals surface area contributed by atoms with E-state index in [9.17, 15) is 18.5 Å². The maximum Gasteiger partial charge on any atom is 0.270 e. The summed E-state index contributed by atoms with van der Waals surface area (Å²) < 4.78 is 26.6. The second-order valence-electron chi connectivity index (χ2n) is 3.83. The third kappa shape index (κ3) is 2.83. The number of anilines is 2. The van der Waals surface area contributed by atoms with E-state index in [-0.39, 0.29) is 22.0 Å². The van der Waals surface area contributed by atoms with Gasteiger partial charge in [-0.05, 0) is 18.2 Å². The van der Waals surface area contributed by atoms with Gasteiger partial charge in [-0.2, -0.15) is 0 Å². The number of rotatable bonds is 4. The minimum absolute atomic E-state index is 0.0769. The number of pyridine rings is 1. The van der Waals surface area contributed by atoms with Gasteiger partial charge in [0.15, 0.2) is 0 Å². The van der Waals surface area contributed by atoms with Crippen LogP contribution in [0.3, 0.4) is 0 Å². The minimum Gasteiger partial charge on any atom is -0.398 e. The van der Waals surface area contributed by atoms with Gasteiger partial charge >= 0.3 is 0 Å². The van der Waals surface area contributed by atoms with Gasteiger partial charge in [0.25, 0.3) is 15.7 Å². The molecule has 9 heteroatoms. The Bertz CT molecular complexity index is 746. The lowest BCUT2D eigenvalue weighted by Gasteiger charge is -2.09. The first-order valence-electron chi connectivity index (χ1n) is 5.37. The van der Waals surface area contributed by atoms with E-state index in [4.69, 9.17) is 5.73 Å². The first kappa shape index (κ1) is 13.7. The second kappa shape index (κ2) is 5.13. The molecule has 0 atom stereocenters. The fraction of sp³-hybridized carbons (Fsp3) is 0. The molecule has 0 radical (unpaired) electrons. The highest BCUT2D eigenvalue weighted by atomic mass is 32.2.